The van der Waals surface area contributed by atoms with Crippen molar-refractivity contribution in [3.63, 3.8) is 0 Å². The average molecular weight is 199 g/mol. The van der Waals surface area contributed by atoms with E-state index in [-0.39, 0.29) is 0 Å². The van der Waals surface area contributed by atoms with Crippen molar-refractivity contribution in [2.75, 3.05) is 0 Å². The highest BCUT2D eigenvalue weighted by atomic mass is 79.9. The van der Waals surface area contributed by atoms with Crippen molar-refractivity contribution >= 4 is 15.9 Å². The molecule has 0 bridgehead atoms. The van der Waals surface area contributed by atoms with Crippen molar-refractivity contribution in [2.45, 2.75) is 12.8 Å². The molecule has 0 saturated carbocycles. The third kappa shape index (κ3) is 1.61. The molecule has 0 aliphatic rings. The minimum absolute atomic E-state index is 0.751. The van der Waals surface area contributed by atoms with E-state index in [1.807, 2.05) is 0 Å². The summed E-state index contributed by atoms with van der Waals surface area (Å²) >= 11 is 3.33. The lowest BCUT2D eigenvalue weighted by Crippen LogP contribution is -1.84. The molecular formula is C7H7BrN2. The van der Waals surface area contributed by atoms with Gasteiger partial charge in [0.2, 0.25) is 0 Å². The molecule has 1 aromatic rings. The number of nitrogens with zero attached hydrogens (tertiary/aromatic N) is 1. The Morgan fingerprint density at radius 3 is 3.10 bits per heavy atom. The molecular weight excluding hydrogens is 192 g/mol. The molecule has 0 aliphatic heterocycles. The summed E-state index contributed by atoms with van der Waals surface area (Å²) in [5.41, 5.74) is 1.07. The number of aromatic amines is 1. The van der Waals surface area contributed by atoms with Gasteiger partial charge in [-0.3, -0.25) is 5.10 Å². The predicted molar refractivity (Wildman–Crippen MR) is 43.4 cm³/mol. The number of aryl methyl sites for hydroxylation is 1. The molecule has 0 saturated heterocycles. The summed E-state index contributed by atoms with van der Waals surface area (Å²) in [6.07, 6.45) is 8.43. The molecule has 0 atom stereocenters. The first-order chi connectivity index (χ1) is 4.84. The van der Waals surface area contributed by atoms with Crippen LogP contribution in [0.3, 0.4) is 0 Å². The van der Waals surface area contributed by atoms with Crippen LogP contribution >= 0.6 is 15.9 Å². The molecule has 1 heterocycles. The number of rotatable bonds is 2. The number of H-pyrrole nitrogens is 1. The third-order valence-corrected chi connectivity index (χ3v) is 1.87. The minimum Gasteiger partial charge on any atom is -0.281 e. The highest BCUT2D eigenvalue weighted by Crippen LogP contribution is 2.13. The van der Waals surface area contributed by atoms with Crippen molar-refractivity contribution in [2.24, 2.45) is 0 Å². The van der Waals surface area contributed by atoms with Gasteiger partial charge in [-0.15, -0.1) is 12.3 Å². The second-order valence-corrected chi connectivity index (χ2v) is 2.75. The van der Waals surface area contributed by atoms with Crippen LogP contribution in [0.1, 0.15) is 12.1 Å². The molecule has 0 radical (unpaired) electrons. The normalized spacial score (nSPS) is 9.20. The number of nitrogens with one attached hydrogen (secondary N) is 1. The highest BCUT2D eigenvalue weighted by Gasteiger charge is 1.98. The number of aromatic nitrogens is 2. The van der Waals surface area contributed by atoms with Crippen LogP contribution in [0.25, 0.3) is 0 Å². The Bertz CT molecular complexity index is 246. The van der Waals surface area contributed by atoms with Gasteiger partial charge >= 0.3 is 0 Å². The Morgan fingerprint density at radius 1 is 1.80 bits per heavy atom. The van der Waals surface area contributed by atoms with E-state index in [0.29, 0.717) is 0 Å². The standard InChI is InChI=1S/C7H7BrN2/c1-2-3-4-7-6(8)5-9-10-7/h1,5H,3-4H2,(H,9,10). The first kappa shape index (κ1) is 7.36. The van der Waals surface area contributed by atoms with Crippen LogP contribution in [-0.4, -0.2) is 10.2 Å². The summed E-state index contributed by atoms with van der Waals surface area (Å²) in [6, 6.07) is 0. The van der Waals surface area contributed by atoms with Crippen molar-refractivity contribution < 1.29 is 0 Å². The fraction of sp³-hybridized carbons (Fsp3) is 0.286. The molecule has 1 aromatic heterocycles. The Labute approximate surface area is 68.2 Å². The van der Waals surface area contributed by atoms with Gasteiger partial charge in [0.15, 0.2) is 0 Å². The van der Waals surface area contributed by atoms with Crippen LogP contribution in [0, 0.1) is 12.3 Å². The lowest BCUT2D eigenvalue weighted by Gasteiger charge is -1.90. The summed E-state index contributed by atoms with van der Waals surface area (Å²) in [7, 11) is 0. The van der Waals surface area contributed by atoms with Crippen molar-refractivity contribution in [1.82, 2.24) is 10.2 Å². The van der Waals surface area contributed by atoms with Gasteiger partial charge in [-0.25, -0.2) is 0 Å². The van der Waals surface area contributed by atoms with Crippen LogP contribution in [0.5, 0.6) is 0 Å². The van der Waals surface area contributed by atoms with E-state index in [0.717, 1.165) is 23.0 Å². The molecule has 0 spiro atoms. The van der Waals surface area contributed by atoms with Crippen LogP contribution in [0.4, 0.5) is 0 Å². The lowest BCUT2D eigenvalue weighted by molar-refractivity contribution is 0.926. The van der Waals surface area contributed by atoms with Gasteiger partial charge in [-0.2, -0.15) is 5.10 Å². The summed E-state index contributed by atoms with van der Waals surface area (Å²) < 4.78 is 1.00. The maximum atomic E-state index is 5.10. The SMILES string of the molecule is C#CCCc1[nH]ncc1Br. The first-order valence-electron chi connectivity index (χ1n) is 2.96. The van der Waals surface area contributed by atoms with Crippen LogP contribution in [0.2, 0.25) is 0 Å². The van der Waals surface area contributed by atoms with E-state index in [4.69, 9.17) is 6.42 Å². The Hall–Kier alpha value is -0.750. The van der Waals surface area contributed by atoms with E-state index in [1.54, 1.807) is 6.20 Å². The second-order valence-electron chi connectivity index (χ2n) is 1.90. The summed E-state index contributed by atoms with van der Waals surface area (Å²) in [6.45, 7) is 0. The zero-order valence-electron chi connectivity index (χ0n) is 5.39. The fourth-order valence-corrected chi connectivity index (χ4v) is 1.06. The van der Waals surface area contributed by atoms with Gasteiger partial charge in [0, 0.05) is 12.8 Å². The van der Waals surface area contributed by atoms with E-state index < -0.39 is 0 Å². The maximum Gasteiger partial charge on any atom is 0.0632 e. The van der Waals surface area contributed by atoms with Gasteiger partial charge in [-0.1, -0.05) is 0 Å². The number of terminal acetylenes is 1. The molecule has 52 valence electrons. The molecule has 0 aromatic carbocycles. The number of hydrogen-bond acceptors (Lipinski definition) is 1. The topological polar surface area (TPSA) is 28.7 Å². The summed E-state index contributed by atoms with van der Waals surface area (Å²) in [5, 5.41) is 6.68. The highest BCUT2D eigenvalue weighted by molar-refractivity contribution is 9.10. The van der Waals surface area contributed by atoms with Crippen LogP contribution < -0.4 is 0 Å². The Morgan fingerprint density at radius 2 is 2.60 bits per heavy atom. The smallest absolute Gasteiger partial charge is 0.0632 e. The molecule has 0 aliphatic carbocycles. The third-order valence-electron chi connectivity index (χ3n) is 1.19. The molecule has 0 fully saturated rings. The van der Waals surface area contributed by atoms with Crippen LogP contribution in [0.15, 0.2) is 10.7 Å². The van der Waals surface area contributed by atoms with E-state index in [9.17, 15) is 0 Å². The first-order valence-corrected chi connectivity index (χ1v) is 3.75. The van der Waals surface area contributed by atoms with Gasteiger partial charge in [0.25, 0.3) is 0 Å². The minimum atomic E-state index is 0.751. The molecule has 10 heavy (non-hydrogen) atoms. The maximum absolute atomic E-state index is 5.10. The second kappa shape index (κ2) is 3.43. The van der Waals surface area contributed by atoms with E-state index in [1.165, 1.54) is 0 Å². The summed E-state index contributed by atoms with van der Waals surface area (Å²) in [5.74, 6) is 2.56. The van der Waals surface area contributed by atoms with Gasteiger partial charge in [0.05, 0.1) is 16.4 Å². The van der Waals surface area contributed by atoms with Crippen molar-refractivity contribution in [3.05, 3.63) is 16.4 Å². The van der Waals surface area contributed by atoms with Gasteiger partial charge < -0.3 is 0 Å². The van der Waals surface area contributed by atoms with Crippen LogP contribution in [-0.2, 0) is 6.42 Å². The van der Waals surface area contributed by atoms with Gasteiger partial charge in [-0.05, 0) is 15.9 Å². The largest absolute Gasteiger partial charge is 0.281 e. The lowest BCUT2D eigenvalue weighted by atomic mass is 10.2. The Kier molecular flexibility index (Phi) is 2.52. The van der Waals surface area contributed by atoms with Crippen molar-refractivity contribution in [3.8, 4) is 12.3 Å². The average Bonchev–Trinajstić information content (AvgIpc) is 2.31. The zero-order valence-corrected chi connectivity index (χ0v) is 6.98. The molecule has 1 N–H and O–H groups in total. The van der Waals surface area contributed by atoms with Gasteiger partial charge in [0.1, 0.15) is 0 Å². The number of halogens is 1. The molecule has 3 heteroatoms. The molecule has 0 unspecified atom stereocenters. The molecule has 1 rings (SSSR count). The van der Waals surface area contributed by atoms with Crippen molar-refractivity contribution in [1.29, 1.82) is 0 Å². The number of hydrogen-bond donors (Lipinski definition) is 1. The van der Waals surface area contributed by atoms with E-state index >= 15 is 0 Å². The van der Waals surface area contributed by atoms with E-state index in [2.05, 4.69) is 32.0 Å². The Balaban J connectivity index is 2.59. The summed E-state index contributed by atoms with van der Waals surface area (Å²) in [4.78, 5) is 0. The molecule has 0 amide bonds. The zero-order chi connectivity index (χ0) is 7.40. The quantitative estimate of drug-likeness (QED) is 0.722. The fourth-order valence-electron chi connectivity index (χ4n) is 0.671. The molecule has 2 nitrogen and oxygen atoms in total. The monoisotopic (exact) mass is 198 g/mol. The predicted octanol–water partition coefficient (Wildman–Crippen LogP) is 1.74.